The Labute approximate surface area is 98.6 Å². The molecule has 0 aliphatic heterocycles. The molecule has 82 valence electrons. The lowest BCUT2D eigenvalue weighted by molar-refractivity contribution is 1.05. The van der Waals surface area contributed by atoms with E-state index in [1.807, 2.05) is 19.2 Å². The van der Waals surface area contributed by atoms with Gasteiger partial charge in [-0.05, 0) is 12.1 Å². The Morgan fingerprint density at radius 2 is 2.19 bits per heavy atom. The van der Waals surface area contributed by atoms with Crippen molar-refractivity contribution in [1.82, 2.24) is 15.0 Å². The van der Waals surface area contributed by atoms with Crippen LogP contribution in [0.2, 0.25) is 0 Å². The molecule has 0 aromatic carbocycles. The molecule has 4 nitrogen and oxygen atoms in total. The van der Waals surface area contributed by atoms with Crippen molar-refractivity contribution in [2.45, 2.75) is 10.8 Å². The van der Waals surface area contributed by atoms with Crippen LogP contribution in [0.4, 0.5) is 5.82 Å². The van der Waals surface area contributed by atoms with E-state index < -0.39 is 0 Å². The summed E-state index contributed by atoms with van der Waals surface area (Å²) in [6, 6.07) is 5.91. The van der Waals surface area contributed by atoms with Crippen molar-refractivity contribution < 1.29 is 0 Å². The maximum atomic E-state index is 4.25. The monoisotopic (exact) mass is 232 g/mol. The minimum absolute atomic E-state index is 0.848. The third kappa shape index (κ3) is 2.70. The number of nitrogens with one attached hydrogen (secondary N) is 1. The molecule has 16 heavy (non-hydrogen) atoms. The average Bonchev–Trinajstić information content (AvgIpc) is 2.38. The first-order valence-corrected chi connectivity index (χ1v) is 5.89. The van der Waals surface area contributed by atoms with Crippen molar-refractivity contribution in [2.75, 3.05) is 12.4 Å². The highest BCUT2D eigenvalue weighted by atomic mass is 32.2. The number of thioether (sulfide) groups is 1. The Bertz CT molecular complexity index is 447. The zero-order valence-corrected chi connectivity index (χ0v) is 9.74. The molecule has 0 radical (unpaired) electrons. The van der Waals surface area contributed by atoms with Crippen molar-refractivity contribution in [2.24, 2.45) is 0 Å². The van der Waals surface area contributed by atoms with E-state index in [1.54, 1.807) is 30.5 Å². The quantitative estimate of drug-likeness (QED) is 0.647. The first kappa shape index (κ1) is 10.9. The summed E-state index contributed by atoms with van der Waals surface area (Å²) in [4.78, 5) is 12.3. The first-order valence-electron chi connectivity index (χ1n) is 4.90. The van der Waals surface area contributed by atoms with Crippen molar-refractivity contribution >= 4 is 17.6 Å². The van der Waals surface area contributed by atoms with Crippen LogP contribution in [0, 0.1) is 0 Å². The molecule has 0 atom stereocenters. The summed E-state index contributed by atoms with van der Waals surface area (Å²) in [6.45, 7) is 0. The van der Waals surface area contributed by atoms with Crippen molar-refractivity contribution in [1.29, 1.82) is 0 Å². The molecule has 2 heterocycles. The maximum Gasteiger partial charge on any atom is 0.129 e. The zero-order valence-electron chi connectivity index (χ0n) is 8.92. The molecule has 2 rings (SSSR count). The summed E-state index contributed by atoms with van der Waals surface area (Å²) in [5.74, 6) is 1.77. The molecular weight excluding hydrogens is 220 g/mol. The standard InChI is InChI=1S/C11H12N4S/c1-12-11-9(3-2-5-14-11)7-16-10-4-6-13-8-15-10/h2-6,8H,7H2,1H3,(H,12,14). The lowest BCUT2D eigenvalue weighted by atomic mass is 10.3. The van der Waals surface area contributed by atoms with Gasteiger partial charge in [0.2, 0.25) is 0 Å². The van der Waals surface area contributed by atoms with Gasteiger partial charge < -0.3 is 5.32 Å². The summed E-state index contributed by atoms with van der Waals surface area (Å²) >= 11 is 1.67. The van der Waals surface area contributed by atoms with Gasteiger partial charge in [-0.15, -0.1) is 11.8 Å². The maximum absolute atomic E-state index is 4.25. The highest BCUT2D eigenvalue weighted by Gasteiger charge is 2.02. The van der Waals surface area contributed by atoms with E-state index in [0.29, 0.717) is 0 Å². The number of hydrogen-bond acceptors (Lipinski definition) is 5. The van der Waals surface area contributed by atoms with Crippen molar-refractivity contribution in [3.05, 3.63) is 42.5 Å². The third-order valence-corrected chi connectivity index (χ3v) is 3.05. The van der Waals surface area contributed by atoms with Gasteiger partial charge >= 0.3 is 0 Å². The van der Waals surface area contributed by atoms with Crippen LogP contribution in [0.3, 0.4) is 0 Å². The molecular formula is C11H12N4S. The van der Waals surface area contributed by atoms with Crippen LogP contribution in [-0.4, -0.2) is 22.0 Å². The van der Waals surface area contributed by atoms with E-state index in [-0.39, 0.29) is 0 Å². The van der Waals surface area contributed by atoms with Crippen LogP contribution in [0.5, 0.6) is 0 Å². The van der Waals surface area contributed by atoms with Gasteiger partial charge in [-0.3, -0.25) is 0 Å². The minimum Gasteiger partial charge on any atom is -0.373 e. The molecule has 5 heteroatoms. The van der Waals surface area contributed by atoms with Gasteiger partial charge in [0.25, 0.3) is 0 Å². The molecule has 0 saturated carbocycles. The number of rotatable bonds is 4. The predicted octanol–water partition coefficient (Wildman–Crippen LogP) is 2.21. The summed E-state index contributed by atoms with van der Waals surface area (Å²) in [7, 11) is 1.88. The molecule has 0 bridgehead atoms. The van der Waals surface area contributed by atoms with Crippen LogP contribution in [-0.2, 0) is 5.75 Å². The van der Waals surface area contributed by atoms with Crippen LogP contribution in [0.15, 0.2) is 41.9 Å². The van der Waals surface area contributed by atoms with Crippen LogP contribution in [0.1, 0.15) is 5.56 Å². The number of nitrogens with zero attached hydrogens (tertiary/aromatic N) is 3. The molecule has 0 aliphatic rings. The number of pyridine rings is 1. The van der Waals surface area contributed by atoms with Gasteiger partial charge in [0, 0.05) is 30.8 Å². The smallest absolute Gasteiger partial charge is 0.129 e. The Kier molecular flexibility index (Phi) is 3.71. The molecule has 0 aliphatic carbocycles. The van der Waals surface area contributed by atoms with Gasteiger partial charge in [-0.2, -0.15) is 0 Å². The van der Waals surface area contributed by atoms with E-state index in [2.05, 4.69) is 26.3 Å². The largest absolute Gasteiger partial charge is 0.373 e. The van der Waals surface area contributed by atoms with Gasteiger partial charge in [-0.25, -0.2) is 15.0 Å². The molecule has 0 unspecified atom stereocenters. The van der Waals surface area contributed by atoms with Gasteiger partial charge in [-0.1, -0.05) is 6.07 Å². The summed E-state index contributed by atoms with van der Waals surface area (Å²) in [6.07, 6.45) is 5.09. The molecule has 1 N–H and O–H groups in total. The topological polar surface area (TPSA) is 50.7 Å². The molecule has 2 aromatic rings. The van der Waals surface area contributed by atoms with E-state index in [9.17, 15) is 0 Å². The molecule has 2 aromatic heterocycles. The second-order valence-electron chi connectivity index (χ2n) is 3.10. The van der Waals surface area contributed by atoms with Crippen LogP contribution < -0.4 is 5.32 Å². The Morgan fingerprint density at radius 1 is 1.25 bits per heavy atom. The van der Waals surface area contributed by atoms with Crippen LogP contribution >= 0.6 is 11.8 Å². The van der Waals surface area contributed by atoms with E-state index in [1.165, 1.54) is 5.56 Å². The lowest BCUT2D eigenvalue weighted by Gasteiger charge is -2.06. The summed E-state index contributed by atoms with van der Waals surface area (Å²) in [5, 5.41) is 4.05. The van der Waals surface area contributed by atoms with E-state index >= 15 is 0 Å². The van der Waals surface area contributed by atoms with Crippen molar-refractivity contribution in [3.63, 3.8) is 0 Å². The normalized spacial score (nSPS) is 10.1. The number of hydrogen-bond donors (Lipinski definition) is 1. The number of aromatic nitrogens is 3. The van der Waals surface area contributed by atoms with E-state index in [0.717, 1.165) is 16.6 Å². The fourth-order valence-electron chi connectivity index (χ4n) is 1.30. The molecule has 0 amide bonds. The molecule has 0 saturated heterocycles. The fraction of sp³-hybridized carbons (Fsp3) is 0.182. The van der Waals surface area contributed by atoms with Gasteiger partial charge in [0.1, 0.15) is 12.1 Å². The third-order valence-electron chi connectivity index (χ3n) is 2.06. The Morgan fingerprint density at radius 3 is 2.94 bits per heavy atom. The highest BCUT2D eigenvalue weighted by molar-refractivity contribution is 7.98. The fourth-order valence-corrected chi connectivity index (χ4v) is 2.11. The SMILES string of the molecule is CNc1ncccc1CSc1ccncn1. The highest BCUT2D eigenvalue weighted by Crippen LogP contribution is 2.23. The Balaban J connectivity index is 2.05. The second kappa shape index (κ2) is 5.46. The average molecular weight is 232 g/mol. The summed E-state index contributed by atoms with van der Waals surface area (Å²) in [5.41, 5.74) is 1.17. The molecule has 0 fully saturated rings. The molecule has 0 spiro atoms. The first-order chi connectivity index (χ1) is 7.90. The van der Waals surface area contributed by atoms with Crippen molar-refractivity contribution in [3.8, 4) is 0 Å². The van der Waals surface area contributed by atoms with E-state index in [4.69, 9.17) is 0 Å². The Hall–Kier alpha value is -1.62. The van der Waals surface area contributed by atoms with Gasteiger partial charge in [0.15, 0.2) is 0 Å². The van der Waals surface area contributed by atoms with Crippen LogP contribution in [0.25, 0.3) is 0 Å². The lowest BCUT2D eigenvalue weighted by Crippen LogP contribution is -1.96. The summed E-state index contributed by atoms with van der Waals surface area (Å²) < 4.78 is 0. The number of anilines is 1. The van der Waals surface area contributed by atoms with Gasteiger partial charge in [0.05, 0.1) is 5.03 Å². The second-order valence-corrected chi connectivity index (χ2v) is 4.09. The zero-order chi connectivity index (χ0) is 11.2. The predicted molar refractivity (Wildman–Crippen MR) is 65.4 cm³/mol. The minimum atomic E-state index is 0.848.